The summed E-state index contributed by atoms with van der Waals surface area (Å²) >= 11 is 1.31. The molecule has 7 nitrogen and oxygen atoms in total. The molecule has 0 radical (unpaired) electrons. The first-order valence-electron chi connectivity index (χ1n) is 6.95. The van der Waals surface area contributed by atoms with Crippen LogP contribution in [0.15, 0.2) is 29.4 Å². The third-order valence-corrected chi connectivity index (χ3v) is 4.17. The molecule has 2 aromatic rings. The van der Waals surface area contributed by atoms with E-state index in [1.54, 1.807) is 28.9 Å². The van der Waals surface area contributed by atoms with E-state index < -0.39 is 0 Å². The minimum Gasteiger partial charge on any atom is -0.325 e. The number of ketones is 1. The standard InChI is InChI=1S/C14H15N5O2S/c1-9(20)10-3-2-4-11(7-10)15-13(21)8-22-14-16-17-18-19(14)12-5-6-12/h2-4,7,12H,5-6,8H2,1H3,(H,15,21). The fourth-order valence-corrected chi connectivity index (χ4v) is 2.72. The second-order valence-corrected chi connectivity index (χ2v) is 6.05. The van der Waals surface area contributed by atoms with Crippen molar-refractivity contribution in [1.82, 2.24) is 20.2 Å². The number of hydrogen-bond donors (Lipinski definition) is 1. The van der Waals surface area contributed by atoms with Crippen molar-refractivity contribution in [2.24, 2.45) is 0 Å². The third kappa shape index (κ3) is 3.51. The number of tetrazole rings is 1. The Morgan fingerprint density at radius 2 is 2.23 bits per heavy atom. The van der Waals surface area contributed by atoms with Gasteiger partial charge in [-0.2, -0.15) is 0 Å². The molecule has 1 aliphatic carbocycles. The molecule has 1 saturated carbocycles. The number of Topliss-reactive ketones (excluding diaryl/α,β-unsaturated/α-hetero) is 1. The van der Waals surface area contributed by atoms with Crippen molar-refractivity contribution in [2.75, 3.05) is 11.1 Å². The average molecular weight is 317 g/mol. The van der Waals surface area contributed by atoms with Crippen LogP contribution in [0, 0.1) is 0 Å². The number of anilines is 1. The van der Waals surface area contributed by atoms with Gasteiger partial charge in [-0.15, -0.1) is 5.10 Å². The van der Waals surface area contributed by atoms with Crippen LogP contribution < -0.4 is 5.32 Å². The number of nitrogens with one attached hydrogen (secondary N) is 1. The zero-order chi connectivity index (χ0) is 15.5. The first-order valence-corrected chi connectivity index (χ1v) is 7.93. The number of nitrogens with zero attached hydrogens (tertiary/aromatic N) is 4. The topological polar surface area (TPSA) is 89.8 Å². The van der Waals surface area contributed by atoms with Gasteiger partial charge >= 0.3 is 0 Å². The summed E-state index contributed by atoms with van der Waals surface area (Å²) in [5.41, 5.74) is 1.18. The van der Waals surface area contributed by atoms with Crippen molar-refractivity contribution >= 4 is 29.1 Å². The number of thioether (sulfide) groups is 1. The second kappa shape index (κ2) is 6.27. The molecule has 22 heavy (non-hydrogen) atoms. The maximum Gasteiger partial charge on any atom is 0.234 e. The van der Waals surface area contributed by atoms with Crippen LogP contribution in [0.1, 0.15) is 36.2 Å². The predicted octanol–water partition coefficient (Wildman–Crippen LogP) is 1.94. The van der Waals surface area contributed by atoms with Gasteiger partial charge in [0.25, 0.3) is 0 Å². The minimum atomic E-state index is -0.156. The Balaban J connectivity index is 1.57. The van der Waals surface area contributed by atoms with E-state index in [9.17, 15) is 9.59 Å². The summed E-state index contributed by atoms with van der Waals surface area (Å²) in [7, 11) is 0. The molecular weight excluding hydrogens is 302 g/mol. The Morgan fingerprint density at radius 3 is 2.95 bits per heavy atom. The molecule has 1 aliphatic rings. The van der Waals surface area contributed by atoms with Gasteiger partial charge in [-0.1, -0.05) is 23.9 Å². The predicted molar refractivity (Wildman–Crippen MR) is 81.9 cm³/mol. The Bertz CT molecular complexity index is 711. The summed E-state index contributed by atoms with van der Waals surface area (Å²) in [6.07, 6.45) is 2.17. The highest BCUT2D eigenvalue weighted by Crippen LogP contribution is 2.36. The van der Waals surface area contributed by atoms with Gasteiger partial charge < -0.3 is 5.32 Å². The lowest BCUT2D eigenvalue weighted by atomic mass is 10.1. The van der Waals surface area contributed by atoms with Crippen molar-refractivity contribution in [3.63, 3.8) is 0 Å². The van der Waals surface area contributed by atoms with Crippen LogP contribution in [0.5, 0.6) is 0 Å². The lowest BCUT2D eigenvalue weighted by molar-refractivity contribution is -0.113. The van der Waals surface area contributed by atoms with Crippen molar-refractivity contribution in [3.05, 3.63) is 29.8 Å². The van der Waals surface area contributed by atoms with Crippen molar-refractivity contribution in [1.29, 1.82) is 0 Å². The van der Waals surface area contributed by atoms with E-state index in [1.807, 2.05) is 0 Å². The quantitative estimate of drug-likeness (QED) is 0.647. The Kier molecular flexibility index (Phi) is 4.19. The SMILES string of the molecule is CC(=O)c1cccc(NC(=O)CSc2nnnn2C2CC2)c1. The van der Waals surface area contributed by atoms with Crippen molar-refractivity contribution in [2.45, 2.75) is 31.0 Å². The normalized spacial score (nSPS) is 13.9. The number of benzene rings is 1. The van der Waals surface area contributed by atoms with Crippen LogP contribution in [0.2, 0.25) is 0 Å². The van der Waals surface area contributed by atoms with E-state index >= 15 is 0 Å². The highest BCUT2D eigenvalue weighted by Gasteiger charge is 2.28. The third-order valence-electron chi connectivity index (χ3n) is 3.24. The molecule has 0 bridgehead atoms. The van der Waals surface area contributed by atoms with E-state index in [0.717, 1.165) is 12.8 Å². The summed E-state index contributed by atoms with van der Waals surface area (Å²) < 4.78 is 1.77. The number of carbonyl (C=O) groups excluding carboxylic acids is 2. The van der Waals surface area contributed by atoms with Gasteiger partial charge in [0.15, 0.2) is 5.78 Å². The number of aromatic nitrogens is 4. The molecule has 0 atom stereocenters. The van der Waals surface area contributed by atoms with E-state index in [4.69, 9.17) is 0 Å². The van der Waals surface area contributed by atoms with E-state index in [0.29, 0.717) is 22.4 Å². The van der Waals surface area contributed by atoms with Crippen LogP contribution in [0.3, 0.4) is 0 Å². The van der Waals surface area contributed by atoms with E-state index in [1.165, 1.54) is 18.7 Å². The number of hydrogen-bond acceptors (Lipinski definition) is 6. The minimum absolute atomic E-state index is 0.0333. The molecule has 1 heterocycles. The van der Waals surface area contributed by atoms with Crippen LogP contribution in [0.4, 0.5) is 5.69 Å². The maximum absolute atomic E-state index is 12.0. The summed E-state index contributed by atoms with van der Waals surface area (Å²) in [6.45, 7) is 1.49. The van der Waals surface area contributed by atoms with Crippen LogP contribution in [-0.2, 0) is 4.79 Å². The molecule has 0 unspecified atom stereocenters. The van der Waals surface area contributed by atoms with Crippen LogP contribution >= 0.6 is 11.8 Å². The summed E-state index contributed by atoms with van der Waals surface area (Å²) in [5, 5.41) is 15.0. The molecule has 1 N–H and O–H groups in total. The van der Waals surface area contributed by atoms with E-state index in [2.05, 4.69) is 20.8 Å². The Labute approximate surface area is 131 Å². The Hall–Kier alpha value is -2.22. The van der Waals surface area contributed by atoms with Gasteiger partial charge in [-0.25, -0.2) is 4.68 Å². The van der Waals surface area contributed by atoms with Gasteiger partial charge in [0, 0.05) is 11.3 Å². The zero-order valence-corrected chi connectivity index (χ0v) is 12.8. The van der Waals surface area contributed by atoms with Gasteiger partial charge in [-0.3, -0.25) is 9.59 Å². The Morgan fingerprint density at radius 1 is 1.41 bits per heavy atom. The van der Waals surface area contributed by atoms with E-state index in [-0.39, 0.29) is 17.4 Å². The lowest BCUT2D eigenvalue weighted by Gasteiger charge is -2.06. The molecule has 1 aromatic carbocycles. The van der Waals surface area contributed by atoms with Crippen LogP contribution in [0.25, 0.3) is 0 Å². The van der Waals surface area contributed by atoms with Gasteiger partial charge in [0.1, 0.15) is 0 Å². The number of amides is 1. The molecule has 1 amide bonds. The molecule has 0 aliphatic heterocycles. The van der Waals surface area contributed by atoms with Crippen molar-refractivity contribution < 1.29 is 9.59 Å². The summed E-state index contributed by atoms with van der Waals surface area (Å²) in [5.74, 6) is 0.0299. The van der Waals surface area contributed by atoms with Gasteiger partial charge in [0.05, 0.1) is 11.8 Å². The number of rotatable bonds is 6. The summed E-state index contributed by atoms with van der Waals surface area (Å²) in [4.78, 5) is 23.3. The first kappa shape index (κ1) is 14.7. The molecule has 0 saturated heterocycles. The first-order chi connectivity index (χ1) is 10.6. The fourth-order valence-electron chi connectivity index (χ4n) is 1.97. The maximum atomic E-state index is 12.0. The fraction of sp³-hybridized carbons (Fsp3) is 0.357. The average Bonchev–Trinajstić information content (AvgIpc) is 3.24. The van der Waals surface area contributed by atoms with Gasteiger partial charge in [0.2, 0.25) is 11.1 Å². The monoisotopic (exact) mass is 317 g/mol. The molecule has 1 fully saturated rings. The second-order valence-electron chi connectivity index (χ2n) is 5.11. The van der Waals surface area contributed by atoms with Gasteiger partial charge in [-0.05, 0) is 42.3 Å². The molecular formula is C14H15N5O2S. The lowest BCUT2D eigenvalue weighted by Crippen LogP contribution is -2.15. The highest BCUT2D eigenvalue weighted by atomic mass is 32.2. The smallest absolute Gasteiger partial charge is 0.234 e. The molecule has 3 rings (SSSR count). The molecule has 114 valence electrons. The van der Waals surface area contributed by atoms with Crippen LogP contribution in [-0.4, -0.2) is 37.7 Å². The molecule has 8 heteroatoms. The highest BCUT2D eigenvalue weighted by molar-refractivity contribution is 7.99. The largest absolute Gasteiger partial charge is 0.325 e. The molecule has 0 spiro atoms. The zero-order valence-electron chi connectivity index (χ0n) is 12.0. The molecule has 1 aromatic heterocycles. The number of carbonyl (C=O) groups is 2. The summed E-state index contributed by atoms with van der Waals surface area (Å²) in [6, 6.07) is 7.26. The van der Waals surface area contributed by atoms with Crippen molar-refractivity contribution in [3.8, 4) is 0 Å².